The number of benzene rings is 1. The molecule has 1 aromatic rings. The van der Waals surface area contributed by atoms with Gasteiger partial charge in [0.15, 0.2) is 0 Å². The summed E-state index contributed by atoms with van der Waals surface area (Å²) in [4.78, 5) is 2.36. The molecule has 1 saturated heterocycles. The van der Waals surface area contributed by atoms with Crippen molar-refractivity contribution >= 4 is 11.6 Å². The molecule has 1 aromatic carbocycles. The zero-order valence-corrected chi connectivity index (χ0v) is 13.1. The molecule has 1 aliphatic rings. The topological polar surface area (TPSA) is 15.3 Å². The highest BCUT2D eigenvalue weighted by atomic mass is 35.5. The predicted octanol–water partition coefficient (Wildman–Crippen LogP) is 3.86. The lowest BCUT2D eigenvalue weighted by Crippen LogP contribution is -2.35. The number of rotatable bonds is 4. The molecular formula is C16H24ClFN2. The van der Waals surface area contributed by atoms with Gasteiger partial charge in [-0.15, -0.1) is 0 Å². The largest absolute Gasteiger partial charge is 0.317 e. The lowest BCUT2D eigenvalue weighted by atomic mass is 9.89. The van der Waals surface area contributed by atoms with Crippen LogP contribution in [0.2, 0.25) is 5.02 Å². The van der Waals surface area contributed by atoms with Crippen LogP contribution in [0.25, 0.3) is 0 Å². The molecule has 2 atom stereocenters. The summed E-state index contributed by atoms with van der Waals surface area (Å²) in [6.07, 6.45) is 3.64. The van der Waals surface area contributed by atoms with Crippen molar-refractivity contribution in [3.8, 4) is 0 Å². The van der Waals surface area contributed by atoms with Crippen molar-refractivity contribution in [1.29, 1.82) is 0 Å². The Kier molecular flexibility index (Phi) is 5.82. The van der Waals surface area contributed by atoms with E-state index in [1.165, 1.54) is 19.3 Å². The van der Waals surface area contributed by atoms with E-state index < -0.39 is 0 Å². The molecule has 0 aromatic heterocycles. The van der Waals surface area contributed by atoms with Crippen molar-refractivity contribution in [3.05, 3.63) is 34.6 Å². The van der Waals surface area contributed by atoms with Crippen LogP contribution < -0.4 is 5.32 Å². The average molecular weight is 299 g/mol. The third-order valence-electron chi connectivity index (χ3n) is 4.20. The van der Waals surface area contributed by atoms with Gasteiger partial charge in [0.25, 0.3) is 0 Å². The molecule has 1 fully saturated rings. The summed E-state index contributed by atoms with van der Waals surface area (Å²) in [5, 5.41) is 3.65. The molecule has 1 heterocycles. The third kappa shape index (κ3) is 3.72. The van der Waals surface area contributed by atoms with Crippen LogP contribution in [0.5, 0.6) is 0 Å². The molecular weight excluding hydrogens is 275 g/mol. The highest BCUT2D eigenvalue weighted by molar-refractivity contribution is 6.30. The first-order valence-electron chi connectivity index (χ1n) is 7.49. The number of likely N-dealkylation sites (tertiary alicyclic amines) is 1. The summed E-state index contributed by atoms with van der Waals surface area (Å²) in [7, 11) is 2.14. The minimum atomic E-state index is -0.316. The average Bonchev–Trinajstić information content (AvgIpc) is 2.61. The van der Waals surface area contributed by atoms with Crippen molar-refractivity contribution in [2.45, 2.75) is 32.2 Å². The van der Waals surface area contributed by atoms with Gasteiger partial charge in [0, 0.05) is 6.04 Å². The van der Waals surface area contributed by atoms with E-state index >= 15 is 0 Å². The van der Waals surface area contributed by atoms with Crippen molar-refractivity contribution < 1.29 is 4.39 Å². The summed E-state index contributed by atoms with van der Waals surface area (Å²) in [6.45, 7) is 5.15. The number of nitrogens with one attached hydrogen (secondary N) is 1. The first kappa shape index (κ1) is 15.7. The molecule has 0 amide bonds. The number of halogens is 2. The fourth-order valence-corrected chi connectivity index (χ4v) is 3.31. The van der Waals surface area contributed by atoms with Crippen LogP contribution in [-0.2, 0) is 0 Å². The molecule has 0 spiro atoms. The van der Waals surface area contributed by atoms with Crippen LogP contribution >= 0.6 is 11.6 Å². The Hall–Kier alpha value is -0.640. The van der Waals surface area contributed by atoms with Gasteiger partial charge in [0.2, 0.25) is 0 Å². The summed E-state index contributed by atoms with van der Waals surface area (Å²) in [5.41, 5.74) is 1.04. The zero-order valence-electron chi connectivity index (χ0n) is 12.3. The van der Waals surface area contributed by atoms with Gasteiger partial charge in [-0.1, -0.05) is 31.0 Å². The van der Waals surface area contributed by atoms with Crippen molar-refractivity contribution in [2.75, 3.05) is 26.7 Å². The predicted molar refractivity (Wildman–Crippen MR) is 82.7 cm³/mol. The Balaban J connectivity index is 2.26. The van der Waals surface area contributed by atoms with Crippen LogP contribution in [0.1, 0.15) is 37.8 Å². The molecule has 0 saturated carbocycles. The van der Waals surface area contributed by atoms with Gasteiger partial charge >= 0.3 is 0 Å². The molecule has 1 aliphatic heterocycles. The highest BCUT2D eigenvalue weighted by Crippen LogP contribution is 2.35. The summed E-state index contributed by atoms with van der Waals surface area (Å²) in [5.74, 6) is 0.201. The summed E-state index contributed by atoms with van der Waals surface area (Å²) < 4.78 is 13.8. The van der Waals surface area contributed by atoms with E-state index in [1.807, 2.05) is 6.07 Å². The number of hydrogen-bond acceptors (Lipinski definition) is 2. The van der Waals surface area contributed by atoms with Gasteiger partial charge in [-0.3, -0.25) is 4.90 Å². The van der Waals surface area contributed by atoms with E-state index in [2.05, 4.69) is 24.2 Å². The molecule has 0 aliphatic carbocycles. The van der Waals surface area contributed by atoms with Crippen LogP contribution in [0.15, 0.2) is 18.2 Å². The van der Waals surface area contributed by atoms with Crippen molar-refractivity contribution in [1.82, 2.24) is 10.2 Å². The van der Waals surface area contributed by atoms with Crippen molar-refractivity contribution in [2.24, 2.45) is 5.92 Å². The molecule has 2 unspecified atom stereocenters. The van der Waals surface area contributed by atoms with Gasteiger partial charge < -0.3 is 5.32 Å². The third-order valence-corrected chi connectivity index (χ3v) is 4.51. The van der Waals surface area contributed by atoms with Gasteiger partial charge in [-0.05, 0) is 63.1 Å². The maximum absolute atomic E-state index is 13.8. The van der Waals surface area contributed by atoms with Gasteiger partial charge in [-0.25, -0.2) is 4.39 Å². The van der Waals surface area contributed by atoms with E-state index in [1.54, 1.807) is 12.1 Å². The van der Waals surface area contributed by atoms with Crippen LogP contribution in [-0.4, -0.2) is 31.6 Å². The van der Waals surface area contributed by atoms with Crippen LogP contribution in [0.3, 0.4) is 0 Å². The maximum atomic E-state index is 13.8. The molecule has 112 valence electrons. The Morgan fingerprint density at radius 1 is 1.40 bits per heavy atom. The minimum Gasteiger partial charge on any atom is -0.317 e. The SMILES string of the molecule is CCNCC1CCCCN(C)C1c1ccc(Cl)c(F)c1. The Labute approximate surface area is 126 Å². The van der Waals surface area contributed by atoms with Crippen LogP contribution in [0, 0.1) is 11.7 Å². The number of hydrogen-bond donors (Lipinski definition) is 1. The smallest absolute Gasteiger partial charge is 0.142 e. The van der Waals surface area contributed by atoms with Gasteiger partial charge in [0.1, 0.15) is 5.82 Å². The lowest BCUT2D eigenvalue weighted by Gasteiger charge is -2.33. The molecule has 2 rings (SSSR count). The number of nitrogens with zero attached hydrogens (tertiary/aromatic N) is 1. The second-order valence-electron chi connectivity index (χ2n) is 5.66. The Bertz CT molecular complexity index is 438. The van der Waals surface area contributed by atoms with E-state index in [0.29, 0.717) is 5.92 Å². The van der Waals surface area contributed by atoms with E-state index in [0.717, 1.165) is 25.2 Å². The lowest BCUT2D eigenvalue weighted by molar-refractivity contribution is 0.189. The van der Waals surface area contributed by atoms with Gasteiger partial charge in [0.05, 0.1) is 5.02 Å². The molecule has 1 N–H and O–H groups in total. The van der Waals surface area contributed by atoms with Gasteiger partial charge in [-0.2, -0.15) is 0 Å². The monoisotopic (exact) mass is 298 g/mol. The first-order chi connectivity index (χ1) is 9.63. The van der Waals surface area contributed by atoms with Crippen LogP contribution in [0.4, 0.5) is 4.39 Å². The highest BCUT2D eigenvalue weighted by Gasteiger charge is 2.29. The second kappa shape index (κ2) is 7.39. The molecule has 2 nitrogen and oxygen atoms in total. The molecule has 0 bridgehead atoms. The second-order valence-corrected chi connectivity index (χ2v) is 6.07. The first-order valence-corrected chi connectivity index (χ1v) is 7.87. The fraction of sp³-hybridized carbons (Fsp3) is 0.625. The Morgan fingerprint density at radius 3 is 2.90 bits per heavy atom. The van der Waals surface area contributed by atoms with Crippen molar-refractivity contribution in [3.63, 3.8) is 0 Å². The minimum absolute atomic E-state index is 0.202. The quantitative estimate of drug-likeness (QED) is 0.908. The maximum Gasteiger partial charge on any atom is 0.142 e. The molecule has 0 radical (unpaired) electrons. The Morgan fingerprint density at radius 2 is 2.20 bits per heavy atom. The standard InChI is InChI=1S/C16H24ClFN2/c1-3-19-11-13-6-4-5-9-20(2)16(13)12-7-8-14(17)15(18)10-12/h7-8,10,13,16,19H,3-6,9,11H2,1-2H3. The van der Waals surface area contributed by atoms with E-state index in [4.69, 9.17) is 11.6 Å². The van der Waals surface area contributed by atoms with E-state index in [-0.39, 0.29) is 16.9 Å². The molecule has 20 heavy (non-hydrogen) atoms. The summed E-state index contributed by atoms with van der Waals surface area (Å²) >= 11 is 5.81. The molecule has 4 heteroatoms. The summed E-state index contributed by atoms with van der Waals surface area (Å²) in [6, 6.07) is 5.52. The fourth-order valence-electron chi connectivity index (χ4n) is 3.19. The van der Waals surface area contributed by atoms with E-state index in [9.17, 15) is 4.39 Å². The normalized spacial score (nSPS) is 24.6. The zero-order chi connectivity index (χ0) is 14.5.